The summed E-state index contributed by atoms with van der Waals surface area (Å²) in [4.78, 5) is 4.51. The number of halogens is 2. The Kier molecular flexibility index (Phi) is 2.69. The fourth-order valence-electron chi connectivity index (χ4n) is 4.14. The van der Waals surface area contributed by atoms with E-state index in [1.54, 1.807) is 0 Å². The van der Waals surface area contributed by atoms with E-state index >= 15 is 0 Å². The van der Waals surface area contributed by atoms with Crippen molar-refractivity contribution in [3.05, 3.63) is 11.7 Å². The molecule has 0 bridgehead atoms. The van der Waals surface area contributed by atoms with E-state index in [4.69, 9.17) is 27.7 Å². The highest BCUT2D eigenvalue weighted by Gasteiger charge is 2.65. The molecular weight excluding hydrogens is 283 g/mol. The number of hydrogen-bond acceptors (Lipinski definition) is 3. The minimum absolute atomic E-state index is 0.424. The van der Waals surface area contributed by atoms with Gasteiger partial charge in [-0.2, -0.15) is 4.98 Å². The number of nitrogens with zero attached hydrogens (tertiary/aromatic N) is 2. The third kappa shape index (κ3) is 1.84. The Bertz CT molecular complexity index is 479. The van der Waals surface area contributed by atoms with Crippen LogP contribution in [0.15, 0.2) is 4.52 Å². The van der Waals surface area contributed by atoms with E-state index in [-0.39, 0.29) is 0 Å². The second kappa shape index (κ2) is 4.11. The molecule has 5 heteroatoms. The van der Waals surface area contributed by atoms with Crippen molar-refractivity contribution < 1.29 is 4.52 Å². The summed E-state index contributed by atoms with van der Waals surface area (Å²) in [6.45, 7) is 2.05. The van der Waals surface area contributed by atoms with Gasteiger partial charge in [0.25, 0.3) is 0 Å². The van der Waals surface area contributed by atoms with E-state index in [0.717, 1.165) is 42.8 Å². The lowest BCUT2D eigenvalue weighted by Gasteiger charge is -2.03. The molecule has 0 saturated heterocycles. The van der Waals surface area contributed by atoms with Crippen molar-refractivity contribution in [1.82, 2.24) is 10.1 Å². The van der Waals surface area contributed by atoms with Gasteiger partial charge in [0, 0.05) is 12.3 Å². The lowest BCUT2D eigenvalue weighted by Crippen LogP contribution is -1.93. The molecule has 1 unspecified atom stereocenters. The lowest BCUT2D eigenvalue weighted by molar-refractivity contribution is 0.366. The molecule has 1 aromatic heterocycles. The Labute approximate surface area is 123 Å². The van der Waals surface area contributed by atoms with Crippen LogP contribution in [0.1, 0.15) is 50.2 Å². The fourth-order valence-corrected chi connectivity index (χ4v) is 5.06. The average molecular weight is 301 g/mol. The molecule has 4 rings (SSSR count). The number of aryl methyl sites for hydroxylation is 1. The molecule has 5 atom stereocenters. The first-order valence-corrected chi connectivity index (χ1v) is 8.08. The highest BCUT2D eigenvalue weighted by atomic mass is 35.5. The molecule has 3 aliphatic carbocycles. The highest BCUT2D eigenvalue weighted by molar-refractivity contribution is 6.51. The van der Waals surface area contributed by atoms with Crippen LogP contribution in [0, 0.1) is 23.7 Å². The van der Waals surface area contributed by atoms with E-state index in [9.17, 15) is 0 Å². The molecule has 3 aliphatic rings. The first-order chi connectivity index (χ1) is 9.13. The van der Waals surface area contributed by atoms with Gasteiger partial charge in [-0.1, -0.05) is 12.1 Å². The molecule has 0 N–H and O–H groups in total. The SMILES string of the molecule is CCc1noc(C2[C@H]3CC[C@@H]4[C@H](CC[C@@H]23)C4(Cl)Cl)n1. The van der Waals surface area contributed by atoms with Gasteiger partial charge in [-0.25, -0.2) is 0 Å². The molecule has 1 heterocycles. The van der Waals surface area contributed by atoms with Crippen molar-refractivity contribution in [2.45, 2.75) is 49.3 Å². The summed E-state index contributed by atoms with van der Waals surface area (Å²) >= 11 is 12.6. The summed E-state index contributed by atoms with van der Waals surface area (Å²) in [6, 6.07) is 0. The Morgan fingerprint density at radius 1 is 1.16 bits per heavy atom. The van der Waals surface area contributed by atoms with E-state index in [1.807, 2.05) is 0 Å². The fraction of sp³-hybridized carbons (Fsp3) is 0.857. The van der Waals surface area contributed by atoms with Crippen LogP contribution in [0.3, 0.4) is 0 Å². The van der Waals surface area contributed by atoms with Crippen molar-refractivity contribution in [2.24, 2.45) is 23.7 Å². The molecule has 19 heavy (non-hydrogen) atoms. The molecule has 0 aromatic carbocycles. The van der Waals surface area contributed by atoms with Crippen LogP contribution in [0.5, 0.6) is 0 Å². The van der Waals surface area contributed by atoms with Gasteiger partial charge in [-0.15, -0.1) is 23.2 Å². The summed E-state index contributed by atoms with van der Waals surface area (Å²) in [7, 11) is 0. The van der Waals surface area contributed by atoms with Crippen LogP contribution in [-0.2, 0) is 6.42 Å². The molecule has 0 spiro atoms. The molecule has 0 radical (unpaired) electrons. The Morgan fingerprint density at radius 2 is 1.79 bits per heavy atom. The van der Waals surface area contributed by atoms with Crippen LogP contribution < -0.4 is 0 Å². The Balaban J connectivity index is 1.46. The summed E-state index contributed by atoms with van der Waals surface area (Å²) in [5.41, 5.74) is 0. The third-order valence-corrected chi connectivity index (χ3v) is 6.53. The summed E-state index contributed by atoms with van der Waals surface area (Å²) in [5.74, 6) is 4.68. The van der Waals surface area contributed by atoms with Gasteiger partial charge in [-0.3, -0.25) is 0 Å². The largest absolute Gasteiger partial charge is 0.339 e. The van der Waals surface area contributed by atoms with Gasteiger partial charge in [0.05, 0.1) is 0 Å². The molecule has 3 saturated carbocycles. The first kappa shape index (κ1) is 12.5. The maximum atomic E-state index is 6.32. The minimum Gasteiger partial charge on any atom is -0.339 e. The monoisotopic (exact) mass is 300 g/mol. The number of rotatable bonds is 2. The van der Waals surface area contributed by atoms with Crippen LogP contribution in [-0.4, -0.2) is 14.5 Å². The zero-order valence-corrected chi connectivity index (χ0v) is 12.5. The minimum atomic E-state index is -0.424. The van der Waals surface area contributed by atoms with E-state index in [1.165, 1.54) is 12.8 Å². The van der Waals surface area contributed by atoms with Gasteiger partial charge >= 0.3 is 0 Å². The third-order valence-electron chi connectivity index (χ3n) is 5.40. The standard InChI is InChI=1S/C14H18Cl2N2O/c1-2-11-17-13(19-18-11)12-7-3-5-9-10(14(9,15)16)6-4-8(7)12/h7-10,12H,2-6H2,1H3/t7-,8+,9+,10-,12?. The van der Waals surface area contributed by atoms with Crippen LogP contribution in [0.4, 0.5) is 0 Å². The lowest BCUT2D eigenvalue weighted by atomic mass is 10.0. The molecule has 104 valence electrons. The van der Waals surface area contributed by atoms with Gasteiger partial charge in [0.2, 0.25) is 5.89 Å². The smallest absolute Gasteiger partial charge is 0.230 e. The Hall–Kier alpha value is -0.280. The molecule has 1 aromatic rings. The zero-order valence-electron chi connectivity index (χ0n) is 11.0. The summed E-state index contributed by atoms with van der Waals surface area (Å²) in [6.07, 6.45) is 5.58. The molecule has 0 aliphatic heterocycles. The highest BCUT2D eigenvalue weighted by Crippen LogP contribution is 2.69. The van der Waals surface area contributed by atoms with Crippen molar-refractivity contribution in [1.29, 1.82) is 0 Å². The normalized spacial score (nSPS) is 42.8. The number of aromatic nitrogens is 2. The second-order valence-corrected chi connectivity index (χ2v) is 7.74. The molecular formula is C14H18Cl2N2O. The van der Waals surface area contributed by atoms with Crippen molar-refractivity contribution >= 4 is 23.2 Å². The van der Waals surface area contributed by atoms with Crippen molar-refractivity contribution in [2.75, 3.05) is 0 Å². The molecule has 0 amide bonds. The number of alkyl halides is 2. The number of hydrogen-bond donors (Lipinski definition) is 0. The topological polar surface area (TPSA) is 38.9 Å². The maximum absolute atomic E-state index is 6.32. The predicted molar refractivity (Wildman–Crippen MR) is 73.3 cm³/mol. The quantitative estimate of drug-likeness (QED) is 0.776. The average Bonchev–Trinajstić information content (AvgIpc) is 3.04. The second-order valence-electron chi connectivity index (χ2n) is 6.30. The molecule has 3 fully saturated rings. The van der Waals surface area contributed by atoms with Crippen molar-refractivity contribution in [3.8, 4) is 0 Å². The van der Waals surface area contributed by atoms with Gasteiger partial charge in [0.15, 0.2) is 5.82 Å². The molecule has 3 nitrogen and oxygen atoms in total. The summed E-state index contributed by atoms with van der Waals surface area (Å²) < 4.78 is 4.99. The van der Waals surface area contributed by atoms with Crippen LogP contribution >= 0.6 is 23.2 Å². The van der Waals surface area contributed by atoms with E-state index < -0.39 is 4.33 Å². The Morgan fingerprint density at radius 3 is 2.32 bits per heavy atom. The predicted octanol–water partition coefficient (Wildman–Crippen LogP) is 3.96. The van der Waals surface area contributed by atoms with Gasteiger partial charge in [-0.05, 0) is 49.4 Å². The first-order valence-electron chi connectivity index (χ1n) is 7.33. The number of fused-ring (bicyclic) bond motifs is 2. The van der Waals surface area contributed by atoms with Crippen LogP contribution in [0.2, 0.25) is 0 Å². The van der Waals surface area contributed by atoms with Gasteiger partial charge in [0.1, 0.15) is 4.33 Å². The zero-order chi connectivity index (χ0) is 13.2. The van der Waals surface area contributed by atoms with Crippen LogP contribution in [0.25, 0.3) is 0 Å². The van der Waals surface area contributed by atoms with E-state index in [0.29, 0.717) is 17.8 Å². The van der Waals surface area contributed by atoms with Gasteiger partial charge < -0.3 is 4.52 Å². The van der Waals surface area contributed by atoms with Crippen molar-refractivity contribution in [3.63, 3.8) is 0 Å². The summed E-state index contributed by atoms with van der Waals surface area (Å²) in [5, 5.41) is 4.02. The van der Waals surface area contributed by atoms with E-state index in [2.05, 4.69) is 17.1 Å². The maximum Gasteiger partial charge on any atom is 0.230 e.